The van der Waals surface area contributed by atoms with E-state index in [0.29, 0.717) is 19.3 Å². The number of hydrogen-bond acceptors (Lipinski definition) is 6. The Morgan fingerprint density at radius 1 is 0.318 bits per heavy atom. The van der Waals surface area contributed by atoms with Crippen LogP contribution < -0.4 is 0 Å². The molecule has 0 rings (SSSR count). The lowest BCUT2D eigenvalue weighted by molar-refractivity contribution is -0.166. The molecule has 0 saturated heterocycles. The number of hydrogen-bond donors (Lipinski definition) is 0. The van der Waals surface area contributed by atoms with Crippen molar-refractivity contribution in [3.05, 3.63) is 85.1 Å². The fourth-order valence-electron chi connectivity index (χ4n) is 7.48. The van der Waals surface area contributed by atoms with Gasteiger partial charge in [-0.1, -0.05) is 221 Å². The van der Waals surface area contributed by atoms with Gasteiger partial charge < -0.3 is 14.2 Å². The fraction of sp³-hybridized carbons (Fsp3) is 0.717. The molecule has 0 aromatic heterocycles. The van der Waals surface area contributed by atoms with Crippen molar-refractivity contribution in [1.29, 1.82) is 0 Å². The zero-order chi connectivity index (χ0) is 47.9. The van der Waals surface area contributed by atoms with Gasteiger partial charge in [-0.3, -0.25) is 14.4 Å². The maximum Gasteiger partial charge on any atom is 0.306 e. The van der Waals surface area contributed by atoms with Crippen LogP contribution in [0.5, 0.6) is 0 Å². The van der Waals surface area contributed by atoms with Gasteiger partial charge in [0.1, 0.15) is 13.2 Å². The molecule has 378 valence electrons. The van der Waals surface area contributed by atoms with Crippen LogP contribution in [0.3, 0.4) is 0 Å². The normalized spacial score (nSPS) is 12.7. The second kappa shape index (κ2) is 54.2. The Bertz CT molecular complexity index is 1290. The van der Waals surface area contributed by atoms with E-state index in [1.165, 1.54) is 128 Å². The maximum absolute atomic E-state index is 12.8. The smallest absolute Gasteiger partial charge is 0.306 e. The van der Waals surface area contributed by atoms with E-state index in [-0.39, 0.29) is 37.5 Å². The van der Waals surface area contributed by atoms with Gasteiger partial charge in [-0.2, -0.15) is 0 Å². The molecule has 0 saturated carbocycles. The third-order valence-corrected chi connectivity index (χ3v) is 11.6. The third kappa shape index (κ3) is 51.6. The van der Waals surface area contributed by atoms with Crippen molar-refractivity contribution in [3.63, 3.8) is 0 Å². The van der Waals surface area contributed by atoms with E-state index in [4.69, 9.17) is 14.2 Å². The van der Waals surface area contributed by atoms with Crippen LogP contribution in [-0.4, -0.2) is 37.2 Å². The van der Waals surface area contributed by atoms with Gasteiger partial charge in [-0.15, -0.1) is 0 Å². The average Bonchev–Trinajstić information content (AvgIpc) is 3.31. The molecular formula is C60H102O6. The van der Waals surface area contributed by atoms with Crippen LogP contribution >= 0.6 is 0 Å². The van der Waals surface area contributed by atoms with Crippen molar-refractivity contribution in [2.45, 2.75) is 264 Å². The number of unbranched alkanes of at least 4 members (excludes halogenated alkanes) is 24. The molecule has 66 heavy (non-hydrogen) atoms. The van der Waals surface area contributed by atoms with Gasteiger partial charge in [0.15, 0.2) is 6.10 Å². The van der Waals surface area contributed by atoms with E-state index in [0.717, 1.165) is 83.5 Å². The molecule has 0 radical (unpaired) electrons. The number of carbonyl (C=O) groups excluding carboxylic acids is 3. The summed E-state index contributed by atoms with van der Waals surface area (Å²) in [6.45, 7) is 6.43. The van der Waals surface area contributed by atoms with Crippen molar-refractivity contribution >= 4 is 17.9 Å². The van der Waals surface area contributed by atoms with E-state index in [9.17, 15) is 14.4 Å². The summed E-state index contributed by atoms with van der Waals surface area (Å²) in [6, 6.07) is 0. The lowest BCUT2D eigenvalue weighted by atomic mass is 10.1. The van der Waals surface area contributed by atoms with E-state index in [2.05, 4.69) is 99.8 Å². The lowest BCUT2D eigenvalue weighted by Crippen LogP contribution is -2.30. The van der Waals surface area contributed by atoms with Gasteiger partial charge in [0.25, 0.3) is 0 Å². The molecule has 0 aromatic carbocycles. The largest absolute Gasteiger partial charge is 0.462 e. The molecule has 0 fully saturated rings. The number of rotatable bonds is 49. The first-order valence-electron chi connectivity index (χ1n) is 27.6. The lowest BCUT2D eigenvalue weighted by Gasteiger charge is -2.18. The van der Waals surface area contributed by atoms with E-state index in [1.54, 1.807) is 0 Å². The highest BCUT2D eigenvalue weighted by molar-refractivity contribution is 5.71. The molecule has 1 unspecified atom stereocenters. The van der Waals surface area contributed by atoms with Crippen molar-refractivity contribution in [2.75, 3.05) is 13.2 Å². The van der Waals surface area contributed by atoms with Crippen LogP contribution in [0.2, 0.25) is 0 Å². The van der Waals surface area contributed by atoms with Crippen LogP contribution in [-0.2, 0) is 28.6 Å². The molecule has 0 spiro atoms. The molecule has 0 amide bonds. The molecule has 6 heteroatoms. The van der Waals surface area contributed by atoms with Crippen molar-refractivity contribution in [2.24, 2.45) is 0 Å². The molecule has 0 aliphatic heterocycles. The first-order chi connectivity index (χ1) is 32.5. The standard InChI is InChI=1S/C60H102O6/c1-4-7-10-13-16-19-22-25-27-29-30-31-33-35-38-41-44-47-50-53-59(62)65-56-57(55-64-58(61)52-49-46-43-40-37-34-24-21-18-15-12-9-6-3)66-60(63)54-51-48-45-42-39-36-32-28-26-23-20-17-14-11-8-5-2/h9,12,16,18-19,21,25,27-28,32,34,37,43,46,57H,4-8,10-11,13-15,17,20,22-24,26,29-31,33,35-36,38-42,44-45,47-56H2,1-3H3/b12-9-,19-16-,21-18-,27-25-,32-28-,37-34-,46-43-. The minimum atomic E-state index is -0.811. The van der Waals surface area contributed by atoms with Crippen molar-refractivity contribution < 1.29 is 28.6 Å². The quantitative estimate of drug-likeness (QED) is 0.0262. The van der Waals surface area contributed by atoms with Crippen molar-refractivity contribution in [1.82, 2.24) is 0 Å². The molecule has 0 aromatic rings. The van der Waals surface area contributed by atoms with E-state index in [1.807, 2.05) is 6.08 Å². The minimum Gasteiger partial charge on any atom is -0.462 e. The summed E-state index contributed by atoms with van der Waals surface area (Å²) in [5, 5.41) is 0. The Morgan fingerprint density at radius 2 is 0.621 bits per heavy atom. The molecule has 0 aliphatic rings. The Balaban J connectivity index is 4.44. The second-order valence-corrected chi connectivity index (χ2v) is 18.1. The second-order valence-electron chi connectivity index (χ2n) is 18.1. The third-order valence-electron chi connectivity index (χ3n) is 11.6. The number of ether oxygens (including phenoxy) is 3. The zero-order valence-electron chi connectivity index (χ0n) is 43.2. The molecule has 0 aliphatic carbocycles. The van der Waals surface area contributed by atoms with Gasteiger partial charge in [-0.25, -0.2) is 0 Å². The fourth-order valence-corrected chi connectivity index (χ4v) is 7.48. The zero-order valence-corrected chi connectivity index (χ0v) is 43.2. The minimum absolute atomic E-state index is 0.104. The number of carbonyl (C=O) groups is 3. The molecule has 6 nitrogen and oxygen atoms in total. The summed E-state index contributed by atoms with van der Waals surface area (Å²) in [4.78, 5) is 38.0. The Labute approximate surface area is 407 Å². The van der Waals surface area contributed by atoms with Gasteiger partial charge in [0.05, 0.1) is 0 Å². The predicted octanol–water partition coefficient (Wildman–Crippen LogP) is 18.4. The summed E-state index contributed by atoms with van der Waals surface area (Å²) in [5.74, 6) is -0.999. The molecule has 1 atom stereocenters. The van der Waals surface area contributed by atoms with Gasteiger partial charge in [-0.05, 0) is 103 Å². The van der Waals surface area contributed by atoms with Crippen LogP contribution in [0, 0.1) is 0 Å². The molecule has 0 bridgehead atoms. The average molecular weight is 919 g/mol. The summed E-state index contributed by atoms with van der Waals surface area (Å²) < 4.78 is 16.8. The van der Waals surface area contributed by atoms with Gasteiger partial charge in [0, 0.05) is 19.3 Å². The highest BCUT2D eigenvalue weighted by Gasteiger charge is 2.19. The first-order valence-corrected chi connectivity index (χ1v) is 27.6. The van der Waals surface area contributed by atoms with Crippen LogP contribution in [0.15, 0.2) is 85.1 Å². The molecule has 0 heterocycles. The summed E-state index contributed by atoms with van der Waals surface area (Å²) in [6.07, 6.45) is 70.1. The topological polar surface area (TPSA) is 78.9 Å². The molecular weight excluding hydrogens is 817 g/mol. The number of esters is 3. The van der Waals surface area contributed by atoms with Gasteiger partial charge in [0.2, 0.25) is 0 Å². The highest BCUT2D eigenvalue weighted by Crippen LogP contribution is 2.14. The van der Waals surface area contributed by atoms with Crippen molar-refractivity contribution in [3.8, 4) is 0 Å². The SMILES string of the molecule is CC/C=C\C/C=C\C/C=C\C/C=C\CCC(=O)OCC(COC(=O)CCCCCCCCCCC/C=C\C/C=C\CCCCC)OC(=O)CCCCCCC/C=C\CCCCCCCCC. The monoisotopic (exact) mass is 919 g/mol. The van der Waals surface area contributed by atoms with Crippen LogP contribution in [0.1, 0.15) is 258 Å². The van der Waals surface area contributed by atoms with Crippen LogP contribution in [0.25, 0.3) is 0 Å². The van der Waals surface area contributed by atoms with E-state index < -0.39 is 6.10 Å². The summed E-state index contributed by atoms with van der Waals surface area (Å²) in [7, 11) is 0. The Morgan fingerprint density at radius 3 is 1.06 bits per heavy atom. The first kappa shape index (κ1) is 62.6. The Kier molecular flexibility index (Phi) is 51.4. The van der Waals surface area contributed by atoms with Gasteiger partial charge >= 0.3 is 17.9 Å². The van der Waals surface area contributed by atoms with Crippen LogP contribution in [0.4, 0.5) is 0 Å². The molecule has 0 N–H and O–H groups in total. The predicted molar refractivity (Wildman–Crippen MR) is 284 cm³/mol. The Hall–Kier alpha value is -3.41. The summed E-state index contributed by atoms with van der Waals surface area (Å²) >= 11 is 0. The van der Waals surface area contributed by atoms with E-state index >= 15 is 0 Å². The maximum atomic E-state index is 12.8. The highest BCUT2D eigenvalue weighted by atomic mass is 16.6. The number of allylic oxidation sites excluding steroid dienone is 14. The summed E-state index contributed by atoms with van der Waals surface area (Å²) in [5.41, 5.74) is 0.